The van der Waals surface area contributed by atoms with Crippen LogP contribution in [-0.4, -0.2) is 6.29 Å². The van der Waals surface area contributed by atoms with Crippen LogP contribution in [0.2, 0.25) is 0 Å². The Morgan fingerprint density at radius 2 is 2.23 bits per heavy atom. The van der Waals surface area contributed by atoms with Gasteiger partial charge >= 0.3 is 0 Å². The van der Waals surface area contributed by atoms with Crippen molar-refractivity contribution in [2.24, 2.45) is 0 Å². The van der Waals surface area contributed by atoms with Crippen LogP contribution < -0.4 is 0 Å². The number of hydrogen-bond donors (Lipinski definition) is 0. The SMILES string of the molecule is CC(C=O)c1csc2c1CCCC2. The lowest BCUT2D eigenvalue weighted by Gasteiger charge is -2.13. The largest absolute Gasteiger partial charge is 0.303 e. The van der Waals surface area contributed by atoms with Crippen molar-refractivity contribution >= 4 is 17.6 Å². The Balaban J connectivity index is 2.36. The quantitative estimate of drug-likeness (QED) is 0.662. The van der Waals surface area contributed by atoms with Gasteiger partial charge in [-0.2, -0.15) is 0 Å². The van der Waals surface area contributed by atoms with Crippen LogP contribution in [0.1, 0.15) is 41.7 Å². The molecule has 1 aromatic heterocycles. The van der Waals surface area contributed by atoms with Crippen LogP contribution in [0.4, 0.5) is 0 Å². The van der Waals surface area contributed by atoms with Gasteiger partial charge in [0.15, 0.2) is 0 Å². The van der Waals surface area contributed by atoms with Crippen molar-refractivity contribution < 1.29 is 4.79 Å². The highest BCUT2D eigenvalue weighted by molar-refractivity contribution is 7.10. The van der Waals surface area contributed by atoms with Gasteiger partial charge in [0.25, 0.3) is 0 Å². The Bertz CT molecular complexity index is 314. The monoisotopic (exact) mass is 194 g/mol. The molecule has 0 bridgehead atoms. The predicted octanol–water partition coefficient (Wildman–Crippen LogP) is 2.93. The zero-order chi connectivity index (χ0) is 9.26. The van der Waals surface area contributed by atoms with E-state index in [1.807, 2.05) is 18.3 Å². The first-order chi connectivity index (χ1) is 6.33. The first kappa shape index (κ1) is 8.95. The molecule has 13 heavy (non-hydrogen) atoms. The van der Waals surface area contributed by atoms with Gasteiger partial charge in [-0.3, -0.25) is 0 Å². The van der Waals surface area contributed by atoms with Gasteiger partial charge in [0.1, 0.15) is 6.29 Å². The number of aryl methyl sites for hydroxylation is 1. The van der Waals surface area contributed by atoms with Gasteiger partial charge in [-0.25, -0.2) is 0 Å². The summed E-state index contributed by atoms with van der Waals surface area (Å²) < 4.78 is 0. The maximum absolute atomic E-state index is 10.7. The van der Waals surface area contributed by atoms with Gasteiger partial charge in [-0.05, 0) is 42.2 Å². The molecule has 0 amide bonds. The van der Waals surface area contributed by atoms with Gasteiger partial charge in [-0.15, -0.1) is 11.3 Å². The molecule has 1 nitrogen and oxygen atoms in total. The maximum Gasteiger partial charge on any atom is 0.127 e. The summed E-state index contributed by atoms with van der Waals surface area (Å²) in [7, 11) is 0. The summed E-state index contributed by atoms with van der Waals surface area (Å²) in [5.74, 6) is 0.0955. The van der Waals surface area contributed by atoms with Crippen LogP contribution in [0.25, 0.3) is 0 Å². The molecule has 2 heteroatoms. The highest BCUT2D eigenvalue weighted by Crippen LogP contribution is 2.33. The van der Waals surface area contributed by atoms with E-state index in [2.05, 4.69) is 5.38 Å². The molecule has 0 saturated carbocycles. The summed E-state index contributed by atoms with van der Waals surface area (Å²) >= 11 is 1.84. The third kappa shape index (κ3) is 1.55. The summed E-state index contributed by atoms with van der Waals surface area (Å²) in [6, 6.07) is 0. The van der Waals surface area contributed by atoms with E-state index in [0.29, 0.717) is 0 Å². The maximum atomic E-state index is 10.7. The zero-order valence-electron chi connectivity index (χ0n) is 7.88. The van der Waals surface area contributed by atoms with E-state index < -0.39 is 0 Å². The van der Waals surface area contributed by atoms with Crippen LogP contribution in [0.3, 0.4) is 0 Å². The van der Waals surface area contributed by atoms with Crippen LogP contribution in [0.5, 0.6) is 0 Å². The van der Waals surface area contributed by atoms with Gasteiger partial charge in [0, 0.05) is 10.8 Å². The van der Waals surface area contributed by atoms with E-state index in [1.165, 1.54) is 41.7 Å². The van der Waals surface area contributed by atoms with Crippen LogP contribution >= 0.6 is 11.3 Å². The third-order valence-corrected chi connectivity index (χ3v) is 3.90. The molecule has 2 rings (SSSR count). The van der Waals surface area contributed by atoms with Crippen molar-refractivity contribution in [1.29, 1.82) is 0 Å². The number of rotatable bonds is 2. The highest BCUT2D eigenvalue weighted by atomic mass is 32.1. The fraction of sp³-hybridized carbons (Fsp3) is 0.545. The normalized spacial score (nSPS) is 17.9. The van der Waals surface area contributed by atoms with Crippen molar-refractivity contribution in [2.75, 3.05) is 0 Å². The standard InChI is InChI=1S/C11H14OS/c1-8(6-12)10-7-13-11-5-3-2-4-9(10)11/h6-8H,2-5H2,1H3. The molecule has 0 N–H and O–H groups in total. The number of fused-ring (bicyclic) bond motifs is 1. The second-order valence-corrected chi connectivity index (χ2v) is 4.69. The van der Waals surface area contributed by atoms with E-state index in [0.717, 1.165) is 6.29 Å². The average molecular weight is 194 g/mol. The molecule has 1 atom stereocenters. The van der Waals surface area contributed by atoms with Crippen LogP contribution in [0, 0.1) is 0 Å². The van der Waals surface area contributed by atoms with Crippen LogP contribution in [-0.2, 0) is 17.6 Å². The summed E-state index contributed by atoms with van der Waals surface area (Å²) in [5.41, 5.74) is 2.77. The fourth-order valence-electron chi connectivity index (χ4n) is 1.97. The van der Waals surface area contributed by atoms with Crippen molar-refractivity contribution in [3.8, 4) is 0 Å². The predicted molar refractivity (Wildman–Crippen MR) is 55.4 cm³/mol. The molecular formula is C11H14OS. The number of carbonyl (C=O) groups is 1. The van der Waals surface area contributed by atoms with E-state index in [-0.39, 0.29) is 5.92 Å². The molecule has 0 saturated heterocycles. The summed E-state index contributed by atoms with van der Waals surface area (Å²) in [5, 5.41) is 2.18. The number of carbonyl (C=O) groups excluding carboxylic acids is 1. The smallest absolute Gasteiger partial charge is 0.127 e. The van der Waals surface area contributed by atoms with Crippen molar-refractivity contribution in [3.63, 3.8) is 0 Å². The summed E-state index contributed by atoms with van der Waals surface area (Å²) in [6.07, 6.45) is 6.08. The molecule has 1 unspecified atom stereocenters. The molecule has 1 heterocycles. The van der Waals surface area contributed by atoms with Gasteiger partial charge in [-0.1, -0.05) is 6.92 Å². The average Bonchev–Trinajstić information content (AvgIpc) is 2.60. The molecule has 1 aromatic rings. The molecule has 0 aromatic carbocycles. The first-order valence-corrected chi connectivity index (χ1v) is 5.75. The highest BCUT2D eigenvalue weighted by Gasteiger charge is 2.18. The molecule has 0 fully saturated rings. The minimum atomic E-state index is 0.0955. The molecule has 0 aliphatic heterocycles. The Kier molecular flexibility index (Phi) is 2.49. The molecule has 1 aliphatic rings. The number of hydrogen-bond acceptors (Lipinski definition) is 2. The Morgan fingerprint density at radius 3 is 3.00 bits per heavy atom. The minimum Gasteiger partial charge on any atom is -0.303 e. The summed E-state index contributed by atoms with van der Waals surface area (Å²) in [6.45, 7) is 1.99. The Morgan fingerprint density at radius 1 is 1.46 bits per heavy atom. The molecule has 70 valence electrons. The van der Waals surface area contributed by atoms with Crippen molar-refractivity contribution in [1.82, 2.24) is 0 Å². The summed E-state index contributed by atoms with van der Waals surface area (Å²) in [4.78, 5) is 12.2. The minimum absolute atomic E-state index is 0.0955. The van der Waals surface area contributed by atoms with Gasteiger partial charge < -0.3 is 4.79 Å². The topological polar surface area (TPSA) is 17.1 Å². The Labute approximate surface area is 82.8 Å². The van der Waals surface area contributed by atoms with Crippen LogP contribution in [0.15, 0.2) is 5.38 Å². The lowest BCUT2D eigenvalue weighted by Crippen LogP contribution is -2.03. The van der Waals surface area contributed by atoms with Gasteiger partial charge in [0.05, 0.1) is 0 Å². The Hall–Kier alpha value is -0.630. The lowest BCUT2D eigenvalue weighted by molar-refractivity contribution is -0.108. The molecule has 0 radical (unpaired) electrons. The van der Waals surface area contributed by atoms with Gasteiger partial charge in [0.2, 0.25) is 0 Å². The number of aldehydes is 1. The number of thiophene rings is 1. The molecule has 0 spiro atoms. The third-order valence-electron chi connectivity index (χ3n) is 2.79. The van der Waals surface area contributed by atoms with E-state index >= 15 is 0 Å². The second-order valence-electron chi connectivity index (χ2n) is 3.72. The van der Waals surface area contributed by atoms with E-state index in [9.17, 15) is 4.79 Å². The van der Waals surface area contributed by atoms with Crippen molar-refractivity contribution in [3.05, 3.63) is 21.4 Å². The molecule has 1 aliphatic carbocycles. The second kappa shape index (κ2) is 3.62. The fourth-order valence-corrected chi connectivity index (χ4v) is 3.22. The van der Waals surface area contributed by atoms with E-state index in [4.69, 9.17) is 0 Å². The lowest BCUT2D eigenvalue weighted by atomic mass is 9.91. The van der Waals surface area contributed by atoms with Crippen molar-refractivity contribution in [2.45, 2.75) is 38.5 Å². The van der Waals surface area contributed by atoms with E-state index in [1.54, 1.807) is 0 Å². The zero-order valence-corrected chi connectivity index (χ0v) is 8.69. The first-order valence-electron chi connectivity index (χ1n) is 4.87. The molecular weight excluding hydrogens is 180 g/mol.